The molecule has 0 aliphatic rings. The Bertz CT molecular complexity index is 955. The van der Waals surface area contributed by atoms with Crippen LogP contribution in [0.5, 0.6) is 0 Å². The SMILES string of the molecule is C[Si](c1ccccc1)c1ccccc1-c1ccccc1[Si](C)c1ccccc1. The minimum absolute atomic E-state index is 0.816. The van der Waals surface area contributed by atoms with Crippen LogP contribution >= 0.6 is 0 Å². The second-order valence-corrected chi connectivity index (χ2v) is 11.8. The molecule has 0 bridgehead atoms. The monoisotopic (exact) mass is 392 g/mol. The lowest BCUT2D eigenvalue weighted by molar-refractivity contribution is 1.66. The fraction of sp³-hybridized carbons (Fsp3) is 0.0769. The maximum atomic E-state index is 2.41. The first-order chi connectivity index (χ1) is 13.8. The summed E-state index contributed by atoms with van der Waals surface area (Å²) in [6, 6.07) is 39.9. The Balaban J connectivity index is 1.81. The van der Waals surface area contributed by atoms with Gasteiger partial charge in [0.25, 0.3) is 0 Å². The van der Waals surface area contributed by atoms with Crippen LogP contribution in [0.15, 0.2) is 109 Å². The van der Waals surface area contributed by atoms with Crippen LogP contribution in [0.25, 0.3) is 11.1 Å². The van der Waals surface area contributed by atoms with E-state index in [0.717, 1.165) is 0 Å². The lowest BCUT2D eigenvalue weighted by Crippen LogP contribution is -2.43. The molecule has 0 saturated carbocycles. The van der Waals surface area contributed by atoms with Gasteiger partial charge in [0, 0.05) is 0 Å². The highest BCUT2D eigenvalue weighted by Gasteiger charge is 2.20. The highest BCUT2D eigenvalue weighted by Crippen LogP contribution is 2.17. The molecule has 28 heavy (non-hydrogen) atoms. The van der Waals surface area contributed by atoms with Gasteiger partial charge < -0.3 is 0 Å². The molecular formula is C26H24Si2. The van der Waals surface area contributed by atoms with Crippen molar-refractivity contribution in [3.8, 4) is 11.1 Å². The van der Waals surface area contributed by atoms with Crippen LogP contribution in [0.2, 0.25) is 13.1 Å². The topological polar surface area (TPSA) is 0 Å². The van der Waals surface area contributed by atoms with Gasteiger partial charge in [-0.25, -0.2) is 0 Å². The zero-order valence-electron chi connectivity index (χ0n) is 16.4. The lowest BCUT2D eigenvalue weighted by Gasteiger charge is -2.20. The molecule has 4 rings (SSSR count). The third kappa shape index (κ3) is 3.79. The van der Waals surface area contributed by atoms with Crippen molar-refractivity contribution in [2.75, 3.05) is 0 Å². The van der Waals surface area contributed by atoms with Crippen molar-refractivity contribution in [1.82, 2.24) is 0 Å². The Labute approximate surface area is 171 Å². The van der Waals surface area contributed by atoms with E-state index in [1.807, 2.05) is 0 Å². The summed E-state index contributed by atoms with van der Waals surface area (Å²) in [6.45, 7) is 4.83. The molecule has 0 atom stereocenters. The summed E-state index contributed by atoms with van der Waals surface area (Å²) in [5.74, 6) is 0. The smallest absolute Gasteiger partial charge is 0.0628 e. The molecule has 0 amide bonds. The molecule has 0 nitrogen and oxygen atoms in total. The van der Waals surface area contributed by atoms with Crippen molar-refractivity contribution < 1.29 is 0 Å². The Morgan fingerprint density at radius 3 is 1.11 bits per heavy atom. The minimum Gasteiger partial charge on any atom is -0.0628 e. The van der Waals surface area contributed by atoms with Crippen molar-refractivity contribution in [1.29, 1.82) is 0 Å². The zero-order valence-corrected chi connectivity index (χ0v) is 18.4. The van der Waals surface area contributed by atoms with Gasteiger partial charge >= 0.3 is 0 Å². The summed E-state index contributed by atoms with van der Waals surface area (Å²) in [6.07, 6.45) is 0. The van der Waals surface area contributed by atoms with E-state index >= 15 is 0 Å². The van der Waals surface area contributed by atoms with Crippen LogP contribution in [-0.4, -0.2) is 17.6 Å². The van der Waals surface area contributed by atoms with E-state index in [4.69, 9.17) is 0 Å². The maximum Gasteiger partial charge on any atom is 0.119 e. The van der Waals surface area contributed by atoms with Crippen molar-refractivity contribution in [2.24, 2.45) is 0 Å². The van der Waals surface area contributed by atoms with Crippen LogP contribution in [-0.2, 0) is 0 Å². The first kappa shape index (κ1) is 18.7. The number of benzene rings is 4. The summed E-state index contributed by atoms with van der Waals surface area (Å²) in [4.78, 5) is 0. The first-order valence-electron chi connectivity index (χ1n) is 9.73. The van der Waals surface area contributed by atoms with Crippen molar-refractivity contribution >= 4 is 38.3 Å². The molecule has 136 valence electrons. The molecule has 0 unspecified atom stereocenters. The minimum atomic E-state index is -0.816. The van der Waals surface area contributed by atoms with E-state index < -0.39 is 17.6 Å². The van der Waals surface area contributed by atoms with Gasteiger partial charge in [-0.15, -0.1) is 0 Å². The molecule has 0 heterocycles. The maximum absolute atomic E-state index is 2.41. The van der Waals surface area contributed by atoms with Gasteiger partial charge in [-0.2, -0.15) is 0 Å². The zero-order chi connectivity index (χ0) is 19.3. The summed E-state index contributed by atoms with van der Waals surface area (Å²) in [5.41, 5.74) is 2.80. The number of hydrogen-bond acceptors (Lipinski definition) is 0. The molecule has 0 aliphatic heterocycles. The number of rotatable bonds is 5. The highest BCUT2D eigenvalue weighted by atomic mass is 28.3. The molecule has 4 aromatic carbocycles. The second-order valence-electron chi connectivity index (χ2n) is 7.07. The van der Waals surface area contributed by atoms with Gasteiger partial charge in [0.05, 0.1) is 0 Å². The summed E-state index contributed by atoms with van der Waals surface area (Å²) >= 11 is 0. The molecule has 2 heteroatoms. The van der Waals surface area contributed by atoms with Crippen molar-refractivity contribution in [3.05, 3.63) is 109 Å². The summed E-state index contributed by atoms with van der Waals surface area (Å²) < 4.78 is 0. The number of hydrogen-bond donors (Lipinski definition) is 0. The first-order valence-corrected chi connectivity index (χ1v) is 13.7. The van der Waals surface area contributed by atoms with Crippen LogP contribution in [0.1, 0.15) is 0 Å². The van der Waals surface area contributed by atoms with Crippen LogP contribution in [0.3, 0.4) is 0 Å². The van der Waals surface area contributed by atoms with E-state index in [9.17, 15) is 0 Å². The van der Waals surface area contributed by atoms with Gasteiger partial charge in [-0.1, -0.05) is 133 Å². The summed E-state index contributed by atoms with van der Waals surface area (Å²) in [7, 11) is -1.63. The van der Waals surface area contributed by atoms with E-state index in [2.05, 4.69) is 122 Å². The molecule has 2 radical (unpaired) electrons. The quantitative estimate of drug-likeness (QED) is 0.453. The molecule has 0 fully saturated rings. The van der Waals surface area contributed by atoms with Gasteiger partial charge in [0.15, 0.2) is 0 Å². The fourth-order valence-electron chi connectivity index (χ4n) is 3.78. The predicted molar refractivity (Wildman–Crippen MR) is 127 cm³/mol. The van der Waals surface area contributed by atoms with Crippen molar-refractivity contribution in [2.45, 2.75) is 13.1 Å². The average Bonchev–Trinajstić information content (AvgIpc) is 2.79. The van der Waals surface area contributed by atoms with E-state index in [0.29, 0.717) is 0 Å². The van der Waals surface area contributed by atoms with Gasteiger partial charge in [-0.05, 0) is 21.5 Å². The van der Waals surface area contributed by atoms with E-state index in [1.54, 1.807) is 0 Å². The van der Waals surface area contributed by atoms with Gasteiger partial charge in [-0.3, -0.25) is 0 Å². The molecule has 0 spiro atoms. The van der Waals surface area contributed by atoms with Crippen LogP contribution in [0.4, 0.5) is 0 Å². The summed E-state index contributed by atoms with van der Waals surface area (Å²) in [5, 5.41) is 5.91. The molecule has 0 aliphatic carbocycles. The molecule has 0 aromatic heterocycles. The second kappa shape index (κ2) is 8.55. The van der Waals surface area contributed by atoms with Gasteiger partial charge in [0.2, 0.25) is 0 Å². The van der Waals surface area contributed by atoms with Crippen LogP contribution in [0, 0.1) is 0 Å². The fourth-order valence-corrected chi connectivity index (χ4v) is 7.72. The van der Waals surface area contributed by atoms with Crippen LogP contribution < -0.4 is 20.7 Å². The lowest BCUT2D eigenvalue weighted by atomic mass is 10.1. The third-order valence-electron chi connectivity index (χ3n) is 5.37. The Morgan fingerprint density at radius 2 is 0.714 bits per heavy atom. The molecule has 0 saturated heterocycles. The highest BCUT2D eigenvalue weighted by molar-refractivity contribution is 6.86. The van der Waals surface area contributed by atoms with E-state index in [1.165, 1.54) is 31.9 Å². The predicted octanol–water partition coefficient (Wildman–Crippen LogP) is 3.83. The molecular weight excluding hydrogens is 368 g/mol. The largest absolute Gasteiger partial charge is 0.119 e. The Kier molecular flexibility index (Phi) is 5.70. The third-order valence-corrected chi connectivity index (χ3v) is 10.3. The van der Waals surface area contributed by atoms with Gasteiger partial charge in [0.1, 0.15) is 17.6 Å². The Hall–Kier alpha value is -2.69. The van der Waals surface area contributed by atoms with Crippen molar-refractivity contribution in [3.63, 3.8) is 0 Å². The molecule has 4 aromatic rings. The molecule has 0 N–H and O–H groups in total. The average molecular weight is 393 g/mol. The van der Waals surface area contributed by atoms with E-state index in [-0.39, 0.29) is 0 Å². The standard InChI is InChI=1S/C26H24Si2/c1-27(21-13-5-3-6-14-21)25-19-11-9-17-23(25)24-18-10-12-20-26(24)28(2)22-15-7-4-8-16-22/h3-20H,1-2H3. The normalized spacial score (nSPS) is 11.1. The Morgan fingerprint density at radius 1 is 0.393 bits per heavy atom.